The molecule has 2 amide bonds. The van der Waals surface area contributed by atoms with E-state index in [-0.39, 0.29) is 6.03 Å². The molecule has 7 heteroatoms. The van der Waals surface area contributed by atoms with Gasteiger partial charge in [-0.25, -0.2) is 14.5 Å². The molecule has 26 heavy (non-hydrogen) atoms. The minimum Gasteiger partial charge on any atom is -0.338 e. The third-order valence-electron chi connectivity index (χ3n) is 3.84. The van der Waals surface area contributed by atoms with Gasteiger partial charge in [0.15, 0.2) is 0 Å². The first-order chi connectivity index (χ1) is 12.7. The van der Waals surface area contributed by atoms with Gasteiger partial charge in [-0.15, -0.1) is 0 Å². The molecule has 1 aromatic heterocycles. The van der Waals surface area contributed by atoms with Crippen LogP contribution in [-0.4, -0.2) is 27.3 Å². The van der Waals surface area contributed by atoms with E-state index >= 15 is 0 Å². The Balaban J connectivity index is 1.42. The molecule has 3 rings (SSSR count). The van der Waals surface area contributed by atoms with Gasteiger partial charge in [-0.1, -0.05) is 48.0 Å². The minimum absolute atomic E-state index is 0.186. The van der Waals surface area contributed by atoms with Crippen molar-refractivity contribution in [3.63, 3.8) is 0 Å². The van der Waals surface area contributed by atoms with Crippen molar-refractivity contribution in [1.82, 2.24) is 25.4 Å². The summed E-state index contributed by atoms with van der Waals surface area (Å²) in [6.45, 7) is 1.67. The lowest BCUT2D eigenvalue weighted by Crippen LogP contribution is -2.36. The van der Waals surface area contributed by atoms with E-state index in [1.807, 2.05) is 48.5 Å². The fraction of sp³-hybridized carbons (Fsp3) is 0.211. The molecule has 2 aromatic carbocycles. The van der Waals surface area contributed by atoms with Crippen molar-refractivity contribution >= 4 is 17.6 Å². The maximum absolute atomic E-state index is 11.9. The zero-order chi connectivity index (χ0) is 18.2. The Morgan fingerprint density at radius 3 is 2.65 bits per heavy atom. The van der Waals surface area contributed by atoms with Gasteiger partial charge in [-0.05, 0) is 35.2 Å². The molecule has 0 atom stereocenters. The van der Waals surface area contributed by atoms with Crippen LogP contribution in [0.25, 0.3) is 0 Å². The molecule has 6 nitrogen and oxygen atoms in total. The molecular weight excluding hydrogens is 350 g/mol. The number of hydrogen-bond acceptors (Lipinski definition) is 3. The molecule has 2 N–H and O–H groups in total. The standard InChI is InChI=1S/C19H20ClN5O/c20-18-6-2-3-15(10-18)7-8-22-19(26)23-11-16-4-1-5-17(9-16)12-25-14-21-13-24-25/h1-6,9-10,13-14H,7-8,11-12H2,(H2,22,23,26). The summed E-state index contributed by atoms with van der Waals surface area (Å²) < 4.78 is 1.76. The fourth-order valence-corrected chi connectivity index (χ4v) is 2.81. The zero-order valence-electron chi connectivity index (χ0n) is 14.2. The van der Waals surface area contributed by atoms with Gasteiger partial charge in [0.1, 0.15) is 12.7 Å². The van der Waals surface area contributed by atoms with Gasteiger partial charge in [0.05, 0.1) is 6.54 Å². The lowest BCUT2D eigenvalue weighted by Gasteiger charge is -2.09. The van der Waals surface area contributed by atoms with Crippen molar-refractivity contribution < 1.29 is 4.79 Å². The number of halogens is 1. The molecule has 0 aliphatic rings. The van der Waals surface area contributed by atoms with Crippen molar-refractivity contribution in [3.05, 3.63) is 82.9 Å². The molecule has 0 radical (unpaired) electrons. The monoisotopic (exact) mass is 369 g/mol. The molecule has 0 saturated heterocycles. The van der Waals surface area contributed by atoms with Gasteiger partial charge in [0.2, 0.25) is 0 Å². The highest BCUT2D eigenvalue weighted by Gasteiger charge is 2.02. The van der Waals surface area contributed by atoms with Crippen LogP contribution in [0.1, 0.15) is 16.7 Å². The first-order valence-corrected chi connectivity index (χ1v) is 8.73. The molecular formula is C19H20ClN5O. The normalized spacial score (nSPS) is 10.5. The average Bonchev–Trinajstić information content (AvgIpc) is 3.13. The summed E-state index contributed by atoms with van der Waals surface area (Å²) in [5.74, 6) is 0. The summed E-state index contributed by atoms with van der Waals surface area (Å²) in [7, 11) is 0. The van der Waals surface area contributed by atoms with E-state index in [0.29, 0.717) is 24.7 Å². The first kappa shape index (κ1) is 17.9. The van der Waals surface area contributed by atoms with E-state index in [9.17, 15) is 4.79 Å². The second kappa shape index (κ2) is 9.01. The SMILES string of the molecule is O=C(NCCc1cccc(Cl)c1)NCc1cccc(Cn2cncn2)c1. The highest BCUT2D eigenvalue weighted by atomic mass is 35.5. The highest BCUT2D eigenvalue weighted by Crippen LogP contribution is 2.10. The van der Waals surface area contributed by atoms with E-state index < -0.39 is 0 Å². The Hall–Kier alpha value is -2.86. The molecule has 0 unspecified atom stereocenters. The third kappa shape index (κ3) is 5.60. The Morgan fingerprint density at radius 1 is 1.04 bits per heavy atom. The van der Waals surface area contributed by atoms with Crippen LogP contribution < -0.4 is 10.6 Å². The number of nitrogens with zero attached hydrogens (tertiary/aromatic N) is 3. The molecule has 0 saturated carbocycles. The number of carbonyl (C=O) groups excluding carboxylic acids is 1. The molecule has 134 valence electrons. The van der Waals surface area contributed by atoms with E-state index in [4.69, 9.17) is 11.6 Å². The van der Waals surface area contributed by atoms with Crippen molar-refractivity contribution in [3.8, 4) is 0 Å². The van der Waals surface area contributed by atoms with Crippen LogP contribution in [0.2, 0.25) is 5.02 Å². The summed E-state index contributed by atoms with van der Waals surface area (Å²) in [5, 5.41) is 10.5. The molecule has 1 heterocycles. The van der Waals surface area contributed by atoms with Crippen LogP contribution in [0.3, 0.4) is 0 Å². The highest BCUT2D eigenvalue weighted by molar-refractivity contribution is 6.30. The predicted octanol–water partition coefficient (Wildman–Crippen LogP) is 3.02. The molecule has 0 aliphatic heterocycles. The number of amides is 2. The van der Waals surface area contributed by atoms with Crippen molar-refractivity contribution in [2.45, 2.75) is 19.5 Å². The van der Waals surface area contributed by atoms with Crippen molar-refractivity contribution in [2.75, 3.05) is 6.54 Å². The van der Waals surface area contributed by atoms with Crippen LogP contribution in [0.5, 0.6) is 0 Å². The second-order valence-corrected chi connectivity index (χ2v) is 6.34. The Bertz CT molecular complexity index is 851. The fourth-order valence-electron chi connectivity index (χ4n) is 2.60. The lowest BCUT2D eigenvalue weighted by molar-refractivity contribution is 0.240. The second-order valence-electron chi connectivity index (χ2n) is 5.90. The molecule has 0 spiro atoms. The minimum atomic E-state index is -0.186. The third-order valence-corrected chi connectivity index (χ3v) is 4.08. The van der Waals surface area contributed by atoms with Gasteiger partial charge in [-0.2, -0.15) is 5.10 Å². The van der Waals surface area contributed by atoms with Crippen LogP contribution in [-0.2, 0) is 19.5 Å². The Labute approximate surface area is 157 Å². The molecule has 0 fully saturated rings. The van der Waals surface area contributed by atoms with Gasteiger partial charge in [0.25, 0.3) is 0 Å². The maximum Gasteiger partial charge on any atom is 0.315 e. The molecule has 0 bridgehead atoms. The molecule has 3 aromatic rings. The van der Waals surface area contributed by atoms with Crippen LogP contribution in [0.15, 0.2) is 61.2 Å². The Morgan fingerprint density at radius 2 is 1.85 bits per heavy atom. The summed E-state index contributed by atoms with van der Waals surface area (Å²) in [4.78, 5) is 15.9. The van der Waals surface area contributed by atoms with E-state index in [0.717, 1.165) is 23.1 Å². The smallest absolute Gasteiger partial charge is 0.315 e. The van der Waals surface area contributed by atoms with Crippen LogP contribution >= 0.6 is 11.6 Å². The van der Waals surface area contributed by atoms with Crippen LogP contribution in [0, 0.1) is 0 Å². The first-order valence-electron chi connectivity index (χ1n) is 8.35. The number of benzene rings is 2. The Kier molecular flexibility index (Phi) is 6.22. The summed E-state index contributed by atoms with van der Waals surface area (Å²) in [6, 6.07) is 15.5. The maximum atomic E-state index is 11.9. The summed E-state index contributed by atoms with van der Waals surface area (Å²) in [6.07, 6.45) is 3.93. The van der Waals surface area contributed by atoms with Crippen LogP contribution in [0.4, 0.5) is 4.79 Å². The number of nitrogens with one attached hydrogen (secondary N) is 2. The number of aromatic nitrogens is 3. The predicted molar refractivity (Wildman–Crippen MR) is 101 cm³/mol. The number of rotatable bonds is 7. The summed E-state index contributed by atoms with van der Waals surface area (Å²) >= 11 is 5.95. The summed E-state index contributed by atoms with van der Waals surface area (Å²) in [5.41, 5.74) is 3.24. The molecule has 0 aliphatic carbocycles. The van der Waals surface area contributed by atoms with Crippen molar-refractivity contribution in [2.24, 2.45) is 0 Å². The number of urea groups is 1. The van der Waals surface area contributed by atoms with Gasteiger partial charge in [0, 0.05) is 18.1 Å². The van der Waals surface area contributed by atoms with Crippen molar-refractivity contribution in [1.29, 1.82) is 0 Å². The van der Waals surface area contributed by atoms with E-state index in [1.54, 1.807) is 11.0 Å². The number of hydrogen-bond donors (Lipinski definition) is 2. The van der Waals surface area contributed by atoms with Gasteiger partial charge >= 0.3 is 6.03 Å². The lowest BCUT2D eigenvalue weighted by atomic mass is 10.1. The average molecular weight is 370 g/mol. The van der Waals surface area contributed by atoms with E-state index in [1.165, 1.54) is 6.33 Å². The quantitative estimate of drug-likeness (QED) is 0.672. The van der Waals surface area contributed by atoms with E-state index in [2.05, 4.69) is 20.7 Å². The topological polar surface area (TPSA) is 71.8 Å². The van der Waals surface area contributed by atoms with Gasteiger partial charge < -0.3 is 10.6 Å². The zero-order valence-corrected chi connectivity index (χ0v) is 15.0. The number of carbonyl (C=O) groups is 1. The van der Waals surface area contributed by atoms with Gasteiger partial charge in [-0.3, -0.25) is 0 Å². The largest absolute Gasteiger partial charge is 0.338 e.